The highest BCUT2D eigenvalue weighted by molar-refractivity contribution is 5.98. The number of nitrogens with zero attached hydrogens (tertiary/aromatic N) is 4. The second kappa shape index (κ2) is 18.7. The summed E-state index contributed by atoms with van der Waals surface area (Å²) in [5, 5.41) is 34.6. The van der Waals surface area contributed by atoms with Gasteiger partial charge in [0.05, 0.1) is 7.11 Å². The largest absolute Gasteiger partial charge is 0.496 e. The van der Waals surface area contributed by atoms with E-state index in [2.05, 4.69) is 60.9 Å². The van der Waals surface area contributed by atoms with E-state index in [-0.39, 0.29) is 42.0 Å². The summed E-state index contributed by atoms with van der Waals surface area (Å²) >= 11 is 0. The zero-order valence-electron chi connectivity index (χ0n) is 32.1. The van der Waals surface area contributed by atoms with Gasteiger partial charge in [-0.3, -0.25) is 14.4 Å². The van der Waals surface area contributed by atoms with Crippen LogP contribution in [0.2, 0.25) is 0 Å². The van der Waals surface area contributed by atoms with Crippen LogP contribution in [0, 0.1) is 11.8 Å². The number of ether oxygens (including phenoxy) is 1. The van der Waals surface area contributed by atoms with Crippen LogP contribution in [0.15, 0.2) is 66.7 Å². The lowest BCUT2D eigenvalue weighted by atomic mass is 9.81. The quantitative estimate of drug-likeness (QED) is 0.103. The second-order valence-electron chi connectivity index (χ2n) is 15.0. The van der Waals surface area contributed by atoms with Crippen LogP contribution in [0.25, 0.3) is 22.5 Å². The molecule has 0 spiro atoms. The van der Waals surface area contributed by atoms with Gasteiger partial charge in [-0.25, -0.2) is 4.79 Å². The molecule has 6 N–H and O–H groups in total. The number of hydrogen-bond acceptors (Lipinski definition) is 9. The van der Waals surface area contributed by atoms with Crippen molar-refractivity contribution in [1.29, 1.82) is 0 Å². The Bertz CT molecular complexity index is 1940. The van der Waals surface area contributed by atoms with Crippen LogP contribution in [-0.4, -0.2) is 100 Å². The molecule has 0 bridgehead atoms. The molecule has 2 fully saturated rings. The molecule has 0 unspecified atom stereocenters. The van der Waals surface area contributed by atoms with Crippen molar-refractivity contribution >= 4 is 29.5 Å². The Morgan fingerprint density at radius 1 is 0.893 bits per heavy atom. The van der Waals surface area contributed by atoms with Crippen LogP contribution in [0.1, 0.15) is 67.3 Å². The monoisotopic (exact) mass is 765 g/mol. The van der Waals surface area contributed by atoms with E-state index in [1.54, 1.807) is 37.4 Å². The Morgan fingerprint density at radius 2 is 1.59 bits per heavy atom. The molecule has 1 heterocycles. The molecule has 2 aliphatic rings. The van der Waals surface area contributed by atoms with Gasteiger partial charge in [0.1, 0.15) is 11.8 Å². The summed E-state index contributed by atoms with van der Waals surface area (Å²) in [5.41, 5.74) is 4.34. The minimum atomic E-state index is -1.05. The zero-order chi connectivity index (χ0) is 39.6. The number of carbonyl (C=O) groups excluding carboxylic acids is 3. The first-order valence-electron chi connectivity index (χ1n) is 19.2. The number of amides is 4. The van der Waals surface area contributed by atoms with Gasteiger partial charge in [0.2, 0.25) is 17.6 Å². The fourth-order valence-corrected chi connectivity index (χ4v) is 7.71. The molecule has 296 valence electrons. The van der Waals surface area contributed by atoms with E-state index in [4.69, 9.17) is 9.84 Å². The van der Waals surface area contributed by atoms with Gasteiger partial charge < -0.3 is 36.0 Å². The van der Waals surface area contributed by atoms with Gasteiger partial charge in [0.15, 0.2) is 0 Å². The van der Waals surface area contributed by atoms with Crippen LogP contribution in [0.3, 0.4) is 0 Å². The van der Waals surface area contributed by atoms with Crippen molar-refractivity contribution in [3.8, 4) is 28.3 Å². The Kier molecular flexibility index (Phi) is 13.3. The zero-order valence-corrected chi connectivity index (χ0v) is 32.1. The highest BCUT2D eigenvalue weighted by Gasteiger charge is 2.30. The number of nitrogens with one attached hydrogen (secondary N) is 5. The lowest BCUT2D eigenvalue weighted by molar-refractivity contribution is -0.130. The van der Waals surface area contributed by atoms with E-state index in [1.165, 1.54) is 0 Å². The number of hydrogen-bond donors (Lipinski definition) is 6. The molecule has 0 saturated heterocycles. The topological polar surface area (TPSA) is 204 Å². The highest BCUT2D eigenvalue weighted by Crippen LogP contribution is 2.32. The molecule has 1 aromatic heterocycles. The number of carboxylic acid groups (broad SMARTS) is 1. The van der Waals surface area contributed by atoms with Crippen molar-refractivity contribution < 1.29 is 29.0 Å². The Hall–Kier alpha value is -5.83. The molecule has 6 rings (SSSR count). The fraction of sp³-hybridized carbons (Fsp3) is 0.439. The summed E-state index contributed by atoms with van der Waals surface area (Å²) in [6, 6.07) is 20.0. The van der Waals surface area contributed by atoms with E-state index in [0.29, 0.717) is 48.3 Å². The predicted molar refractivity (Wildman–Crippen MR) is 211 cm³/mol. The van der Waals surface area contributed by atoms with Crippen molar-refractivity contribution in [1.82, 2.24) is 41.5 Å². The molecule has 1 atom stereocenters. The summed E-state index contributed by atoms with van der Waals surface area (Å²) < 4.78 is 5.74. The highest BCUT2D eigenvalue weighted by atomic mass is 16.5. The lowest BCUT2D eigenvalue weighted by Crippen LogP contribution is -2.48. The predicted octanol–water partition coefficient (Wildman–Crippen LogP) is 4.88. The van der Waals surface area contributed by atoms with Gasteiger partial charge in [-0.15, -0.1) is 10.2 Å². The standard InChI is InChI=1S/C41H51N9O6/c1-50(2)33-19-17-32(18-20-33)43-39(52)30-14-21-34(36(23-30)56-3)27-8-4-25(5-9-27)22-35(45-38(51)29-10-6-26(7-11-29)24-42-41(54)55)40(53)44-31-15-12-28(13-16-31)37-46-48-49-47-37/h4-5,8-9,12-16,21,23,26,29,32-33,35,42H,6-7,10-11,17-20,22,24H2,1-3H3,(H,43,52)(H,44,53)(H,45,51)(H,54,55)(H,46,47,48,49)/t26?,29?,32?,33?,35-/m0/s1. The van der Waals surface area contributed by atoms with Gasteiger partial charge in [-0.1, -0.05) is 24.3 Å². The number of aromatic nitrogens is 4. The summed E-state index contributed by atoms with van der Waals surface area (Å²) in [7, 11) is 5.79. The normalized spacial score (nSPS) is 20.1. The van der Waals surface area contributed by atoms with E-state index in [9.17, 15) is 19.2 Å². The van der Waals surface area contributed by atoms with Crippen LogP contribution < -0.4 is 26.0 Å². The van der Waals surface area contributed by atoms with Crippen molar-refractivity contribution in [3.05, 3.63) is 77.9 Å². The smallest absolute Gasteiger partial charge is 0.404 e. The number of methoxy groups -OCH3 is 1. The maximum Gasteiger partial charge on any atom is 0.404 e. The first-order valence-corrected chi connectivity index (χ1v) is 19.2. The molecule has 15 nitrogen and oxygen atoms in total. The van der Waals surface area contributed by atoms with E-state index < -0.39 is 12.1 Å². The van der Waals surface area contributed by atoms with Crippen LogP contribution in [0.4, 0.5) is 10.5 Å². The molecule has 0 aliphatic heterocycles. The van der Waals surface area contributed by atoms with Crippen LogP contribution in [0.5, 0.6) is 5.75 Å². The number of aromatic amines is 1. The van der Waals surface area contributed by atoms with Crippen molar-refractivity contribution in [3.63, 3.8) is 0 Å². The minimum absolute atomic E-state index is 0.115. The van der Waals surface area contributed by atoms with Gasteiger partial charge in [0, 0.05) is 53.3 Å². The van der Waals surface area contributed by atoms with Gasteiger partial charge >= 0.3 is 6.09 Å². The van der Waals surface area contributed by atoms with E-state index in [1.807, 2.05) is 36.4 Å². The number of tetrazole rings is 1. The number of benzene rings is 3. The second-order valence-corrected chi connectivity index (χ2v) is 15.0. The molecule has 2 saturated carbocycles. The summed E-state index contributed by atoms with van der Waals surface area (Å²) in [5.74, 6) is 0.217. The molecule has 15 heteroatoms. The van der Waals surface area contributed by atoms with E-state index in [0.717, 1.165) is 60.8 Å². The van der Waals surface area contributed by atoms with Crippen LogP contribution >= 0.6 is 0 Å². The molecule has 4 aromatic rings. The molecule has 3 aromatic carbocycles. The van der Waals surface area contributed by atoms with Crippen molar-refractivity contribution in [2.45, 2.75) is 75.9 Å². The fourth-order valence-electron chi connectivity index (χ4n) is 7.71. The summed E-state index contributed by atoms with van der Waals surface area (Å²) in [4.78, 5) is 53.8. The van der Waals surface area contributed by atoms with Crippen molar-refractivity contribution in [2.75, 3.05) is 33.1 Å². The first kappa shape index (κ1) is 39.9. The Balaban J connectivity index is 1.12. The number of H-pyrrole nitrogens is 1. The molecule has 0 radical (unpaired) electrons. The average Bonchev–Trinajstić information content (AvgIpc) is 3.76. The Labute approximate surface area is 326 Å². The molecular formula is C41H51N9O6. The first-order chi connectivity index (χ1) is 27.1. The van der Waals surface area contributed by atoms with E-state index >= 15 is 0 Å². The average molecular weight is 766 g/mol. The number of anilines is 1. The third-order valence-electron chi connectivity index (χ3n) is 11.1. The third-order valence-corrected chi connectivity index (χ3v) is 11.1. The number of rotatable bonds is 14. The third kappa shape index (κ3) is 10.5. The summed E-state index contributed by atoms with van der Waals surface area (Å²) in [6.45, 7) is 0.361. The molecule has 2 aliphatic carbocycles. The maximum absolute atomic E-state index is 13.8. The SMILES string of the molecule is COc1cc(C(=O)NC2CCC(N(C)C)CC2)ccc1-c1ccc(C[C@H](NC(=O)C2CCC(CNC(=O)O)CC2)C(=O)Nc2ccc(-c3nn[nH]n3)cc2)cc1. The van der Waals surface area contributed by atoms with Gasteiger partial charge in [0.25, 0.3) is 5.91 Å². The van der Waals surface area contributed by atoms with Gasteiger partial charge in [-0.2, -0.15) is 5.21 Å². The molecular weight excluding hydrogens is 715 g/mol. The number of carbonyl (C=O) groups is 4. The van der Waals surface area contributed by atoms with Crippen LogP contribution in [-0.2, 0) is 16.0 Å². The minimum Gasteiger partial charge on any atom is -0.496 e. The summed E-state index contributed by atoms with van der Waals surface area (Å²) in [6.07, 6.45) is 5.86. The van der Waals surface area contributed by atoms with Crippen molar-refractivity contribution in [2.24, 2.45) is 11.8 Å². The lowest BCUT2D eigenvalue weighted by Gasteiger charge is -2.33. The maximum atomic E-state index is 13.8. The molecule has 56 heavy (non-hydrogen) atoms. The Morgan fingerprint density at radius 3 is 2.21 bits per heavy atom. The molecule has 4 amide bonds. The van der Waals surface area contributed by atoms with Gasteiger partial charge in [-0.05, 0) is 130 Å².